The zero-order chi connectivity index (χ0) is 10.4. The number of hydrogen-bond donors (Lipinski definition) is 2. The monoisotopic (exact) mass is 186 g/mol. The minimum absolute atomic E-state index is 0.0561. The van der Waals surface area contributed by atoms with Gasteiger partial charge in [0.05, 0.1) is 6.04 Å². The minimum atomic E-state index is -0.406. The number of hydrogen-bond acceptors (Lipinski definition) is 2. The van der Waals surface area contributed by atoms with Crippen LogP contribution in [0.15, 0.2) is 0 Å². The largest absolute Gasteiger partial charge is 0.352 e. The molecule has 0 rings (SSSR count). The van der Waals surface area contributed by atoms with Crippen molar-refractivity contribution in [1.29, 1.82) is 0 Å². The zero-order valence-corrected chi connectivity index (χ0v) is 9.13. The van der Waals surface area contributed by atoms with E-state index in [0.29, 0.717) is 5.92 Å². The average Bonchev–Trinajstić information content (AvgIpc) is 2.06. The van der Waals surface area contributed by atoms with Crippen LogP contribution in [0.5, 0.6) is 0 Å². The molecule has 2 atom stereocenters. The molecule has 0 aliphatic rings. The fraction of sp³-hybridized carbons (Fsp3) is 0.900. The summed E-state index contributed by atoms with van der Waals surface area (Å²) in [6.07, 6.45) is 2.19. The summed E-state index contributed by atoms with van der Waals surface area (Å²) in [5.74, 6) is 0.502. The first kappa shape index (κ1) is 12.4. The molecular formula is C10H22N2O. The molecule has 0 fully saturated rings. The summed E-state index contributed by atoms with van der Waals surface area (Å²) in [5, 5.41) is 2.92. The van der Waals surface area contributed by atoms with Crippen LogP contribution >= 0.6 is 0 Å². The van der Waals surface area contributed by atoms with Crippen LogP contribution in [0.2, 0.25) is 0 Å². The van der Waals surface area contributed by atoms with E-state index in [1.165, 1.54) is 0 Å². The lowest BCUT2D eigenvalue weighted by atomic mass is 9.95. The second kappa shape index (κ2) is 5.97. The molecule has 3 heteroatoms. The van der Waals surface area contributed by atoms with E-state index >= 15 is 0 Å². The summed E-state index contributed by atoms with van der Waals surface area (Å²) in [6, 6.07) is -0.176. The molecule has 0 saturated carbocycles. The Bertz CT molecular complexity index is 153. The highest BCUT2D eigenvalue weighted by Crippen LogP contribution is 2.12. The molecule has 0 heterocycles. The van der Waals surface area contributed by atoms with Crippen LogP contribution < -0.4 is 11.1 Å². The van der Waals surface area contributed by atoms with E-state index in [-0.39, 0.29) is 11.9 Å². The van der Waals surface area contributed by atoms with Gasteiger partial charge in [0.25, 0.3) is 0 Å². The fourth-order valence-corrected chi connectivity index (χ4v) is 1.47. The van der Waals surface area contributed by atoms with E-state index in [0.717, 1.165) is 12.8 Å². The van der Waals surface area contributed by atoms with Crippen molar-refractivity contribution >= 4 is 5.91 Å². The van der Waals surface area contributed by atoms with E-state index < -0.39 is 6.04 Å². The van der Waals surface area contributed by atoms with Gasteiger partial charge in [-0.3, -0.25) is 4.79 Å². The smallest absolute Gasteiger partial charge is 0.236 e. The average molecular weight is 186 g/mol. The Morgan fingerprint density at radius 2 is 1.77 bits per heavy atom. The molecular weight excluding hydrogens is 164 g/mol. The standard InChI is InChI=1S/C10H22N2O/c1-5-9(6-2)8(4)12-10(13)7(3)11/h7-9H,5-6,11H2,1-4H3,(H,12,13)/t7-,8?/m0/s1. The molecule has 0 aromatic heterocycles. The van der Waals surface area contributed by atoms with Crippen LogP contribution in [0.1, 0.15) is 40.5 Å². The molecule has 0 aromatic rings. The summed E-state index contributed by atoms with van der Waals surface area (Å²) < 4.78 is 0. The quantitative estimate of drug-likeness (QED) is 0.679. The van der Waals surface area contributed by atoms with Crippen LogP contribution in [-0.4, -0.2) is 18.0 Å². The first-order valence-corrected chi connectivity index (χ1v) is 5.08. The number of nitrogens with two attached hydrogens (primary N) is 1. The Morgan fingerprint density at radius 3 is 2.08 bits per heavy atom. The summed E-state index contributed by atoms with van der Waals surface area (Å²) in [4.78, 5) is 11.3. The van der Waals surface area contributed by atoms with Gasteiger partial charge in [0.15, 0.2) is 0 Å². The van der Waals surface area contributed by atoms with Gasteiger partial charge in [-0.25, -0.2) is 0 Å². The highest BCUT2D eigenvalue weighted by atomic mass is 16.2. The van der Waals surface area contributed by atoms with Gasteiger partial charge in [-0.2, -0.15) is 0 Å². The van der Waals surface area contributed by atoms with Gasteiger partial charge < -0.3 is 11.1 Å². The lowest BCUT2D eigenvalue weighted by Gasteiger charge is -2.23. The predicted octanol–water partition coefficient (Wildman–Crippen LogP) is 1.27. The molecule has 0 aliphatic carbocycles. The van der Waals surface area contributed by atoms with Crippen molar-refractivity contribution in [2.24, 2.45) is 11.7 Å². The van der Waals surface area contributed by atoms with Gasteiger partial charge in [-0.1, -0.05) is 26.7 Å². The molecule has 13 heavy (non-hydrogen) atoms. The van der Waals surface area contributed by atoms with Crippen LogP contribution in [-0.2, 0) is 4.79 Å². The topological polar surface area (TPSA) is 55.1 Å². The summed E-state index contributed by atoms with van der Waals surface area (Å²) in [5.41, 5.74) is 5.46. The summed E-state index contributed by atoms with van der Waals surface area (Å²) >= 11 is 0. The molecule has 0 saturated heterocycles. The summed E-state index contributed by atoms with van der Waals surface area (Å²) in [6.45, 7) is 8.03. The van der Waals surface area contributed by atoms with E-state index in [2.05, 4.69) is 19.2 Å². The Labute approximate surface area is 81.1 Å². The van der Waals surface area contributed by atoms with Crippen molar-refractivity contribution in [2.45, 2.75) is 52.6 Å². The number of amides is 1. The molecule has 0 spiro atoms. The van der Waals surface area contributed by atoms with Crippen LogP contribution in [0, 0.1) is 5.92 Å². The Hall–Kier alpha value is -0.570. The molecule has 1 unspecified atom stereocenters. The van der Waals surface area contributed by atoms with Crippen LogP contribution in [0.4, 0.5) is 0 Å². The molecule has 0 radical (unpaired) electrons. The van der Waals surface area contributed by atoms with E-state index in [1.807, 2.05) is 6.92 Å². The van der Waals surface area contributed by atoms with Gasteiger partial charge in [-0.05, 0) is 19.8 Å². The molecule has 0 aromatic carbocycles. The zero-order valence-electron chi connectivity index (χ0n) is 9.13. The molecule has 1 amide bonds. The molecule has 3 N–H and O–H groups in total. The molecule has 78 valence electrons. The first-order chi connectivity index (χ1) is 6.02. The van der Waals surface area contributed by atoms with Gasteiger partial charge >= 0.3 is 0 Å². The van der Waals surface area contributed by atoms with Gasteiger partial charge in [0, 0.05) is 6.04 Å². The third-order valence-corrected chi connectivity index (χ3v) is 2.54. The Morgan fingerprint density at radius 1 is 1.31 bits per heavy atom. The third kappa shape index (κ3) is 4.27. The number of nitrogens with one attached hydrogen (secondary N) is 1. The number of carbonyl (C=O) groups excluding carboxylic acids is 1. The second-order valence-corrected chi connectivity index (χ2v) is 3.66. The van der Waals surface area contributed by atoms with Crippen LogP contribution in [0.3, 0.4) is 0 Å². The fourth-order valence-electron chi connectivity index (χ4n) is 1.47. The van der Waals surface area contributed by atoms with E-state index in [9.17, 15) is 4.79 Å². The Balaban J connectivity index is 3.97. The van der Waals surface area contributed by atoms with Crippen molar-refractivity contribution < 1.29 is 4.79 Å². The number of rotatable bonds is 5. The van der Waals surface area contributed by atoms with Crippen molar-refractivity contribution in [3.63, 3.8) is 0 Å². The third-order valence-electron chi connectivity index (χ3n) is 2.54. The van der Waals surface area contributed by atoms with Gasteiger partial charge in [0.1, 0.15) is 0 Å². The van der Waals surface area contributed by atoms with Crippen molar-refractivity contribution in [2.75, 3.05) is 0 Å². The Kier molecular flexibility index (Phi) is 5.71. The maximum Gasteiger partial charge on any atom is 0.236 e. The highest BCUT2D eigenvalue weighted by Gasteiger charge is 2.17. The maximum absolute atomic E-state index is 11.3. The highest BCUT2D eigenvalue weighted by molar-refractivity contribution is 5.81. The molecule has 0 bridgehead atoms. The second-order valence-electron chi connectivity index (χ2n) is 3.66. The SMILES string of the molecule is CCC(CC)C(C)NC(=O)[C@H](C)N. The normalized spacial score (nSPS) is 15.5. The van der Waals surface area contributed by atoms with Gasteiger partial charge in [-0.15, -0.1) is 0 Å². The maximum atomic E-state index is 11.3. The first-order valence-electron chi connectivity index (χ1n) is 5.08. The number of carbonyl (C=O) groups is 1. The van der Waals surface area contributed by atoms with Gasteiger partial charge in [0.2, 0.25) is 5.91 Å². The van der Waals surface area contributed by atoms with E-state index in [1.54, 1.807) is 6.92 Å². The van der Waals surface area contributed by atoms with Crippen molar-refractivity contribution in [3.8, 4) is 0 Å². The summed E-state index contributed by atoms with van der Waals surface area (Å²) in [7, 11) is 0. The lowest BCUT2D eigenvalue weighted by Crippen LogP contribution is -2.45. The molecule has 0 aliphatic heterocycles. The van der Waals surface area contributed by atoms with Crippen molar-refractivity contribution in [1.82, 2.24) is 5.32 Å². The predicted molar refractivity (Wildman–Crippen MR) is 55.3 cm³/mol. The van der Waals surface area contributed by atoms with Crippen LogP contribution in [0.25, 0.3) is 0 Å². The molecule has 3 nitrogen and oxygen atoms in total. The van der Waals surface area contributed by atoms with E-state index in [4.69, 9.17) is 5.73 Å². The van der Waals surface area contributed by atoms with Crippen molar-refractivity contribution in [3.05, 3.63) is 0 Å². The minimum Gasteiger partial charge on any atom is -0.352 e. The lowest BCUT2D eigenvalue weighted by molar-refractivity contribution is -0.122.